The van der Waals surface area contributed by atoms with Gasteiger partial charge in [-0.2, -0.15) is 0 Å². The van der Waals surface area contributed by atoms with Crippen LogP contribution in [0.15, 0.2) is 340 Å². The largest absolute Gasteiger partial charge is 0.311 e. The Kier molecular flexibility index (Phi) is 13.0. The summed E-state index contributed by atoms with van der Waals surface area (Å²) in [5.41, 5.74) is 30.1. The van der Waals surface area contributed by atoms with E-state index in [9.17, 15) is 0 Å². The third kappa shape index (κ3) is 9.60. The van der Waals surface area contributed by atoms with E-state index >= 15 is 0 Å². The van der Waals surface area contributed by atoms with Crippen molar-refractivity contribution in [3.05, 3.63) is 340 Å². The van der Waals surface area contributed by atoms with Gasteiger partial charge in [0.25, 0.3) is 6.71 Å². The molecule has 2 aliphatic rings. The molecule has 3 heterocycles. The summed E-state index contributed by atoms with van der Waals surface area (Å²) in [5.74, 6) is 0. The minimum Gasteiger partial charge on any atom is -0.311 e. The second kappa shape index (κ2) is 22.0. The average molecular weight is 1110 g/mol. The van der Waals surface area contributed by atoms with E-state index in [0.717, 1.165) is 135 Å². The summed E-state index contributed by atoms with van der Waals surface area (Å²) in [4.78, 5) is 10.9. The van der Waals surface area contributed by atoms with Crippen LogP contribution in [0.1, 0.15) is 0 Å². The van der Waals surface area contributed by atoms with Crippen molar-refractivity contribution in [1.29, 1.82) is 0 Å². The molecule has 13 aromatic carbocycles. The fraction of sp³-hybridized carbons (Fsp3) is 0. The van der Waals surface area contributed by atoms with Crippen LogP contribution < -0.4 is 26.2 Å². The number of hydrogen-bond acceptors (Lipinski definition) is 3. The summed E-state index contributed by atoms with van der Waals surface area (Å²) < 4.78 is 0. The van der Waals surface area contributed by atoms with Crippen LogP contribution >= 0.6 is 0 Å². The van der Waals surface area contributed by atoms with Crippen molar-refractivity contribution < 1.29 is 0 Å². The minimum atomic E-state index is -0.170. The molecular weight excluding hydrogens is 1050 g/mol. The lowest BCUT2D eigenvalue weighted by Crippen LogP contribution is -2.61. The van der Waals surface area contributed by atoms with Crippen LogP contribution in [-0.2, 0) is 0 Å². The number of hydrogen-bond donors (Lipinski definition) is 0. The fourth-order valence-corrected chi connectivity index (χ4v) is 13.2. The first-order valence-corrected chi connectivity index (χ1v) is 29.9. The summed E-state index contributed by atoms with van der Waals surface area (Å²) in [6.45, 7) is -0.170. The maximum absolute atomic E-state index is 5.73. The highest BCUT2D eigenvalue weighted by atomic mass is 15.2. The molecule has 0 N–H and O–H groups in total. The Morgan fingerprint density at radius 1 is 0.195 bits per heavy atom. The third-order valence-electron chi connectivity index (χ3n) is 17.4. The van der Waals surface area contributed by atoms with Gasteiger partial charge in [-0.05, 0) is 167 Å². The number of nitrogens with zero attached hydrogens (tertiary/aromatic N) is 3. The zero-order valence-electron chi connectivity index (χ0n) is 47.8. The fourth-order valence-electron chi connectivity index (χ4n) is 13.2. The van der Waals surface area contributed by atoms with Gasteiger partial charge in [-0.15, -0.1) is 0 Å². The first-order chi connectivity index (χ1) is 43.1. The van der Waals surface area contributed by atoms with Gasteiger partial charge in [0.1, 0.15) is 0 Å². The Labute approximate surface area is 509 Å². The molecule has 0 radical (unpaired) electrons. The molecule has 0 unspecified atom stereocenters. The lowest BCUT2D eigenvalue weighted by molar-refractivity contribution is 1.25. The molecule has 2 aliphatic heterocycles. The summed E-state index contributed by atoms with van der Waals surface area (Å²) >= 11 is 0. The first kappa shape index (κ1) is 51.3. The van der Waals surface area contributed by atoms with E-state index in [-0.39, 0.29) is 6.71 Å². The maximum Gasteiger partial charge on any atom is 0.252 e. The Hall–Kier alpha value is -11.3. The van der Waals surface area contributed by atoms with Crippen molar-refractivity contribution in [3.63, 3.8) is 0 Å². The van der Waals surface area contributed by atoms with E-state index in [1.807, 2.05) is 0 Å². The highest BCUT2D eigenvalue weighted by Crippen LogP contribution is 2.50. The first-order valence-electron chi connectivity index (χ1n) is 29.9. The van der Waals surface area contributed by atoms with Crippen molar-refractivity contribution in [3.8, 4) is 100 Å². The highest BCUT2D eigenvalue weighted by Gasteiger charge is 2.44. The standard InChI is InChI=1S/C83H56BN3/c1-9-25-57(26-10-1)65-41-43-75-79(53-65)86(73-47-67(59-29-13-3-14-30-59)45-68(48-73)60-31-15-4-16-32-60)81-55-72(78-52-71(63-37-21-7-22-38-63)51-77(85-78)64-39-23-8-24-40-64)56-82-83(81)84(75)76-44-42-66(58-27-11-2-12-28-58)54-80(76)87(82)74-49-69(61-33-17-5-18-34-61)46-70(50-74)62-35-19-6-20-36-62/h1-56H. The molecule has 0 fully saturated rings. The van der Waals surface area contributed by atoms with Crippen molar-refractivity contribution in [2.45, 2.75) is 0 Å². The van der Waals surface area contributed by atoms with Gasteiger partial charge >= 0.3 is 0 Å². The third-order valence-corrected chi connectivity index (χ3v) is 17.4. The Balaban J connectivity index is 1.05. The highest BCUT2D eigenvalue weighted by molar-refractivity contribution is 7.00. The lowest BCUT2D eigenvalue weighted by atomic mass is 9.33. The molecule has 16 rings (SSSR count). The lowest BCUT2D eigenvalue weighted by Gasteiger charge is -2.45. The zero-order valence-corrected chi connectivity index (χ0v) is 47.8. The Morgan fingerprint density at radius 2 is 0.460 bits per heavy atom. The molecule has 14 aromatic rings. The van der Waals surface area contributed by atoms with Crippen LogP contribution in [0.3, 0.4) is 0 Å². The van der Waals surface area contributed by atoms with Crippen molar-refractivity contribution in [2.24, 2.45) is 0 Å². The maximum atomic E-state index is 5.73. The van der Waals surface area contributed by atoms with Crippen LogP contribution in [0.5, 0.6) is 0 Å². The second-order valence-electron chi connectivity index (χ2n) is 22.7. The molecule has 87 heavy (non-hydrogen) atoms. The molecule has 4 heteroatoms. The summed E-state index contributed by atoms with van der Waals surface area (Å²) in [6, 6.07) is 125. The molecule has 0 aliphatic carbocycles. The molecule has 0 bridgehead atoms. The Bertz CT molecular complexity index is 4410. The predicted octanol–water partition coefficient (Wildman–Crippen LogP) is 20.2. The molecule has 0 saturated heterocycles. The molecule has 0 amide bonds. The summed E-state index contributed by atoms with van der Waals surface area (Å²) in [6.07, 6.45) is 0. The van der Waals surface area contributed by atoms with E-state index in [1.165, 1.54) is 16.4 Å². The van der Waals surface area contributed by atoms with Crippen LogP contribution in [-0.4, -0.2) is 11.7 Å². The number of aromatic nitrogens is 1. The van der Waals surface area contributed by atoms with Crippen LogP contribution in [0.25, 0.3) is 100 Å². The smallest absolute Gasteiger partial charge is 0.252 e. The molecule has 406 valence electrons. The SMILES string of the molecule is c1ccc(-c2cc(-c3ccccc3)cc(N3c4cc(-c5ccccc5)ccc4B4c5ccc(-c6ccccc6)cc5N(c5cc(-c6ccccc6)cc(-c6ccccc6)c5)c5cc(-c6cc(-c7ccccc7)cc(-c7ccccc7)n6)cc3c54)c2)cc1. The number of benzene rings is 13. The molecule has 0 atom stereocenters. The van der Waals surface area contributed by atoms with E-state index in [2.05, 4.69) is 350 Å². The van der Waals surface area contributed by atoms with Crippen molar-refractivity contribution in [1.82, 2.24) is 4.98 Å². The van der Waals surface area contributed by atoms with E-state index < -0.39 is 0 Å². The number of rotatable bonds is 11. The van der Waals surface area contributed by atoms with Crippen LogP contribution in [0.4, 0.5) is 34.1 Å². The van der Waals surface area contributed by atoms with Gasteiger partial charge in [0.05, 0.1) is 11.4 Å². The summed E-state index contributed by atoms with van der Waals surface area (Å²) in [7, 11) is 0. The van der Waals surface area contributed by atoms with Crippen LogP contribution in [0.2, 0.25) is 0 Å². The number of fused-ring (bicyclic) bond motifs is 4. The molecule has 1 aromatic heterocycles. The van der Waals surface area contributed by atoms with Crippen molar-refractivity contribution in [2.75, 3.05) is 9.80 Å². The van der Waals surface area contributed by atoms with Gasteiger partial charge in [0.15, 0.2) is 0 Å². The van der Waals surface area contributed by atoms with Crippen LogP contribution in [0, 0.1) is 0 Å². The van der Waals surface area contributed by atoms with Gasteiger partial charge in [0.2, 0.25) is 0 Å². The second-order valence-corrected chi connectivity index (χ2v) is 22.7. The topological polar surface area (TPSA) is 19.4 Å². The normalized spacial score (nSPS) is 12.1. The number of anilines is 6. The van der Waals surface area contributed by atoms with Gasteiger partial charge in [0, 0.05) is 45.3 Å². The minimum absolute atomic E-state index is 0.170. The van der Waals surface area contributed by atoms with E-state index in [1.54, 1.807) is 0 Å². The molecule has 0 saturated carbocycles. The van der Waals surface area contributed by atoms with Gasteiger partial charge < -0.3 is 9.80 Å². The zero-order chi connectivity index (χ0) is 57.6. The van der Waals surface area contributed by atoms with Crippen molar-refractivity contribution >= 4 is 57.2 Å². The molecule has 3 nitrogen and oxygen atoms in total. The van der Waals surface area contributed by atoms with Gasteiger partial charge in [-0.1, -0.05) is 267 Å². The van der Waals surface area contributed by atoms with Gasteiger partial charge in [-0.25, -0.2) is 4.98 Å². The average Bonchev–Trinajstić information content (AvgIpc) is 1.23. The quantitative estimate of drug-likeness (QED) is 0.120. The van der Waals surface area contributed by atoms with E-state index in [0.29, 0.717) is 0 Å². The number of pyridine rings is 1. The molecular formula is C83H56BN3. The summed E-state index contributed by atoms with van der Waals surface area (Å²) in [5, 5.41) is 0. The molecule has 0 spiro atoms. The Morgan fingerprint density at radius 3 is 0.782 bits per heavy atom. The predicted molar refractivity (Wildman–Crippen MR) is 367 cm³/mol. The monoisotopic (exact) mass is 1110 g/mol. The van der Waals surface area contributed by atoms with Gasteiger partial charge in [-0.3, -0.25) is 0 Å². The van der Waals surface area contributed by atoms with E-state index in [4.69, 9.17) is 4.98 Å².